The third-order valence-corrected chi connectivity index (χ3v) is 7.47. The molecule has 0 heterocycles. The molecule has 2 aromatic rings. The lowest BCUT2D eigenvalue weighted by Gasteiger charge is -2.25. The number of hydrogen-bond acceptors (Lipinski definition) is 5. The van der Waals surface area contributed by atoms with Gasteiger partial charge in [0.1, 0.15) is 0 Å². The Morgan fingerprint density at radius 1 is 1.16 bits per heavy atom. The molecule has 0 aromatic heterocycles. The number of nitrogens with zero attached hydrogens (tertiary/aromatic N) is 1. The standard InChI is InChI=1S/C24H33N3O4S/c1-3-14-27(2)32(30,31)21-11-7-10-19(16-21)24(29)26-22(15-18-8-5-4-6-9-18)23(28)17-25-20-12-13-20/h4-11,16,20,22-23,25,28H,3,12-15,17H2,1-2H3,(H,26,29)/t22-,23+/m0/s1. The van der Waals surface area contributed by atoms with Crippen LogP contribution in [0, 0.1) is 0 Å². The third-order valence-electron chi connectivity index (χ3n) is 5.62. The molecule has 0 bridgehead atoms. The molecule has 1 amide bonds. The van der Waals surface area contributed by atoms with Gasteiger partial charge in [-0.2, -0.15) is 0 Å². The molecule has 0 radical (unpaired) electrons. The monoisotopic (exact) mass is 459 g/mol. The Morgan fingerprint density at radius 2 is 1.88 bits per heavy atom. The molecule has 2 atom stereocenters. The van der Waals surface area contributed by atoms with Crippen molar-refractivity contribution >= 4 is 15.9 Å². The maximum Gasteiger partial charge on any atom is 0.251 e. The zero-order valence-electron chi connectivity index (χ0n) is 18.7. The molecule has 32 heavy (non-hydrogen) atoms. The maximum atomic E-state index is 13.0. The van der Waals surface area contributed by atoms with Crippen LogP contribution >= 0.6 is 0 Å². The molecule has 0 saturated heterocycles. The first-order chi connectivity index (χ1) is 15.3. The second-order valence-corrected chi connectivity index (χ2v) is 10.4. The molecule has 1 aliphatic carbocycles. The van der Waals surface area contributed by atoms with Crippen LogP contribution < -0.4 is 10.6 Å². The van der Waals surface area contributed by atoms with Gasteiger partial charge in [0.25, 0.3) is 5.91 Å². The van der Waals surface area contributed by atoms with Crippen LogP contribution in [0.5, 0.6) is 0 Å². The molecular formula is C24H33N3O4S. The van der Waals surface area contributed by atoms with E-state index in [0.29, 0.717) is 32.0 Å². The Morgan fingerprint density at radius 3 is 2.53 bits per heavy atom. The number of rotatable bonds is 12. The van der Waals surface area contributed by atoms with Crippen LogP contribution in [0.25, 0.3) is 0 Å². The summed E-state index contributed by atoms with van der Waals surface area (Å²) in [6.07, 6.45) is 2.61. The Kier molecular flexibility index (Phi) is 8.42. The molecule has 1 fully saturated rings. The number of amides is 1. The first-order valence-corrected chi connectivity index (χ1v) is 12.6. The van der Waals surface area contributed by atoms with Crippen LogP contribution in [0.4, 0.5) is 0 Å². The molecule has 3 N–H and O–H groups in total. The van der Waals surface area contributed by atoms with Crippen LogP contribution in [0.15, 0.2) is 59.5 Å². The van der Waals surface area contributed by atoms with Crippen molar-refractivity contribution in [3.8, 4) is 0 Å². The van der Waals surface area contributed by atoms with Crippen molar-refractivity contribution in [2.75, 3.05) is 20.1 Å². The predicted molar refractivity (Wildman–Crippen MR) is 125 cm³/mol. The number of aliphatic hydroxyl groups is 1. The van der Waals surface area contributed by atoms with E-state index in [1.165, 1.54) is 23.5 Å². The fourth-order valence-corrected chi connectivity index (χ4v) is 4.84. The van der Waals surface area contributed by atoms with Crippen molar-refractivity contribution in [2.45, 2.75) is 55.7 Å². The highest BCUT2D eigenvalue weighted by Crippen LogP contribution is 2.19. The van der Waals surface area contributed by atoms with E-state index in [2.05, 4.69) is 10.6 Å². The third kappa shape index (κ3) is 6.62. The number of sulfonamides is 1. The van der Waals surface area contributed by atoms with E-state index >= 15 is 0 Å². The van der Waals surface area contributed by atoms with Crippen LogP contribution in [0.1, 0.15) is 42.1 Å². The summed E-state index contributed by atoms with van der Waals surface area (Å²) in [6, 6.07) is 15.6. The van der Waals surface area contributed by atoms with Crippen molar-refractivity contribution < 1.29 is 18.3 Å². The molecule has 1 saturated carbocycles. The van der Waals surface area contributed by atoms with E-state index in [1.807, 2.05) is 37.3 Å². The van der Waals surface area contributed by atoms with Crippen LogP contribution in [0.3, 0.4) is 0 Å². The average molecular weight is 460 g/mol. The normalized spacial score (nSPS) is 16.0. The predicted octanol–water partition coefficient (Wildman–Crippen LogP) is 2.17. The second-order valence-electron chi connectivity index (χ2n) is 8.37. The highest BCUT2D eigenvalue weighted by Gasteiger charge is 2.27. The van der Waals surface area contributed by atoms with E-state index in [-0.39, 0.29) is 10.5 Å². The summed E-state index contributed by atoms with van der Waals surface area (Å²) >= 11 is 0. The number of hydrogen-bond donors (Lipinski definition) is 3. The van der Waals surface area contributed by atoms with Crippen LogP contribution in [-0.2, 0) is 16.4 Å². The topological polar surface area (TPSA) is 98.7 Å². The highest BCUT2D eigenvalue weighted by atomic mass is 32.2. The van der Waals surface area contributed by atoms with Gasteiger partial charge in [0, 0.05) is 31.7 Å². The van der Waals surface area contributed by atoms with E-state index in [1.54, 1.807) is 12.1 Å². The van der Waals surface area contributed by atoms with E-state index < -0.39 is 28.1 Å². The van der Waals surface area contributed by atoms with E-state index in [4.69, 9.17) is 0 Å². The van der Waals surface area contributed by atoms with Crippen molar-refractivity contribution in [1.29, 1.82) is 0 Å². The minimum absolute atomic E-state index is 0.0802. The maximum absolute atomic E-state index is 13.0. The molecule has 8 heteroatoms. The number of carbonyl (C=O) groups is 1. The summed E-state index contributed by atoms with van der Waals surface area (Å²) in [4.78, 5) is 13.1. The molecular weight excluding hydrogens is 426 g/mol. The van der Waals surface area contributed by atoms with Gasteiger partial charge in [-0.15, -0.1) is 0 Å². The number of benzene rings is 2. The van der Waals surface area contributed by atoms with Gasteiger partial charge in [0.15, 0.2) is 0 Å². The second kappa shape index (κ2) is 11.0. The molecule has 0 unspecified atom stereocenters. The molecule has 1 aliphatic rings. The lowest BCUT2D eigenvalue weighted by molar-refractivity contribution is 0.0830. The smallest absolute Gasteiger partial charge is 0.251 e. The summed E-state index contributed by atoms with van der Waals surface area (Å²) < 4.78 is 26.8. The zero-order valence-corrected chi connectivity index (χ0v) is 19.5. The van der Waals surface area contributed by atoms with Crippen LogP contribution in [0.2, 0.25) is 0 Å². The molecule has 2 aromatic carbocycles. The highest BCUT2D eigenvalue weighted by molar-refractivity contribution is 7.89. The molecule has 0 aliphatic heterocycles. The molecule has 3 rings (SSSR count). The number of carbonyl (C=O) groups excluding carboxylic acids is 1. The fraction of sp³-hybridized carbons (Fsp3) is 0.458. The van der Waals surface area contributed by atoms with Crippen molar-refractivity contribution in [3.05, 3.63) is 65.7 Å². The van der Waals surface area contributed by atoms with Crippen molar-refractivity contribution in [3.63, 3.8) is 0 Å². The van der Waals surface area contributed by atoms with Gasteiger partial charge in [0.05, 0.1) is 17.0 Å². The van der Waals surface area contributed by atoms with Gasteiger partial charge in [-0.05, 0) is 49.4 Å². The number of aliphatic hydroxyl groups excluding tert-OH is 1. The minimum Gasteiger partial charge on any atom is -0.390 e. The SMILES string of the molecule is CCCN(C)S(=O)(=O)c1cccc(C(=O)N[C@@H](Cc2ccccc2)[C@H](O)CNC2CC2)c1. The van der Waals surface area contributed by atoms with Gasteiger partial charge in [-0.1, -0.05) is 43.3 Å². The average Bonchev–Trinajstić information content (AvgIpc) is 3.62. The summed E-state index contributed by atoms with van der Waals surface area (Å²) in [5.74, 6) is -0.411. The van der Waals surface area contributed by atoms with Crippen LogP contribution in [-0.4, -0.2) is 62.1 Å². The summed E-state index contributed by atoms with van der Waals surface area (Å²) in [5.41, 5.74) is 1.25. The molecule has 7 nitrogen and oxygen atoms in total. The van der Waals surface area contributed by atoms with E-state index in [0.717, 1.165) is 18.4 Å². The van der Waals surface area contributed by atoms with E-state index in [9.17, 15) is 18.3 Å². The van der Waals surface area contributed by atoms with Gasteiger partial charge in [0.2, 0.25) is 10.0 Å². The summed E-state index contributed by atoms with van der Waals surface area (Å²) in [6.45, 7) is 2.70. The largest absolute Gasteiger partial charge is 0.390 e. The quantitative estimate of drug-likeness (QED) is 0.452. The van der Waals surface area contributed by atoms with Crippen molar-refractivity contribution in [2.24, 2.45) is 0 Å². The first-order valence-electron chi connectivity index (χ1n) is 11.1. The lowest BCUT2D eigenvalue weighted by Crippen LogP contribution is -2.49. The first kappa shape index (κ1) is 24.4. The molecule has 0 spiro atoms. The Balaban J connectivity index is 1.76. The zero-order chi connectivity index (χ0) is 23.1. The fourth-order valence-electron chi connectivity index (χ4n) is 3.53. The van der Waals surface area contributed by atoms with Gasteiger partial charge in [-0.25, -0.2) is 12.7 Å². The lowest BCUT2D eigenvalue weighted by atomic mass is 10.0. The summed E-state index contributed by atoms with van der Waals surface area (Å²) in [7, 11) is -2.14. The summed E-state index contributed by atoms with van der Waals surface area (Å²) in [5, 5.41) is 17.0. The molecule has 174 valence electrons. The van der Waals surface area contributed by atoms with Crippen molar-refractivity contribution in [1.82, 2.24) is 14.9 Å². The van der Waals surface area contributed by atoms with Gasteiger partial charge >= 0.3 is 0 Å². The Labute approximate surface area is 190 Å². The van der Waals surface area contributed by atoms with Gasteiger partial charge in [-0.3, -0.25) is 4.79 Å². The van der Waals surface area contributed by atoms with Gasteiger partial charge < -0.3 is 15.7 Å². The Bertz CT molecular complexity index is 993. The Hall–Kier alpha value is -2.26. The minimum atomic E-state index is -3.67. The number of nitrogens with one attached hydrogen (secondary N) is 2.